The number of ether oxygens (including phenoxy) is 2. The molecule has 0 spiro atoms. The fourth-order valence-corrected chi connectivity index (χ4v) is 8.35. The van der Waals surface area contributed by atoms with E-state index in [-0.39, 0.29) is 40.9 Å². The van der Waals surface area contributed by atoms with Crippen LogP contribution in [0.5, 0.6) is 0 Å². The van der Waals surface area contributed by atoms with Gasteiger partial charge in [-0.3, -0.25) is 9.59 Å². The topological polar surface area (TPSA) is 69.7 Å². The predicted molar refractivity (Wildman–Crippen MR) is 117 cm³/mol. The second kappa shape index (κ2) is 8.04. The van der Waals surface area contributed by atoms with Gasteiger partial charge in [-0.2, -0.15) is 0 Å². The van der Waals surface area contributed by atoms with E-state index in [2.05, 4.69) is 26.8 Å². The zero-order valence-corrected chi connectivity index (χ0v) is 19.7. The molecule has 5 nitrogen and oxygen atoms in total. The van der Waals surface area contributed by atoms with Crippen LogP contribution in [0.15, 0.2) is 11.6 Å². The average Bonchev–Trinajstić information content (AvgIpc) is 3.04. The van der Waals surface area contributed by atoms with Crippen molar-refractivity contribution in [2.24, 2.45) is 40.4 Å². The van der Waals surface area contributed by atoms with Crippen LogP contribution in [0.25, 0.3) is 0 Å². The molecule has 4 aliphatic rings. The highest BCUT2D eigenvalue weighted by molar-refractivity contribution is 5.67. The Morgan fingerprint density at radius 2 is 1.81 bits per heavy atom. The lowest BCUT2D eigenvalue weighted by Crippen LogP contribution is -2.57. The Bertz CT molecular complexity index is 787. The van der Waals surface area contributed by atoms with Crippen molar-refractivity contribution in [1.82, 2.24) is 0 Å². The number of carbonyl (C=O) groups excluding carboxylic acids is 3. The number of rotatable bonds is 4. The van der Waals surface area contributed by atoms with E-state index in [1.54, 1.807) is 0 Å². The normalized spacial score (nSPS) is 44.7. The van der Waals surface area contributed by atoms with Gasteiger partial charge in [0, 0.05) is 38.0 Å². The molecule has 0 aromatic carbocycles. The number of hydrogen-bond acceptors (Lipinski definition) is 5. The average molecular weight is 431 g/mol. The van der Waals surface area contributed by atoms with Gasteiger partial charge in [-0.05, 0) is 61.2 Å². The van der Waals surface area contributed by atoms with E-state index in [1.807, 2.05) is 0 Å². The molecule has 4 aliphatic carbocycles. The van der Waals surface area contributed by atoms with Crippen LogP contribution in [0.2, 0.25) is 0 Å². The van der Waals surface area contributed by atoms with Gasteiger partial charge in [-0.15, -0.1) is 0 Å². The van der Waals surface area contributed by atoms with Gasteiger partial charge in [0.15, 0.2) is 0 Å². The molecule has 5 heteroatoms. The number of fused-ring (bicyclic) bond motifs is 5. The summed E-state index contributed by atoms with van der Waals surface area (Å²) in [6.45, 7) is 9.72. The summed E-state index contributed by atoms with van der Waals surface area (Å²) in [5.41, 5.74) is 1.31. The molecule has 0 bridgehead atoms. The van der Waals surface area contributed by atoms with Crippen molar-refractivity contribution < 1.29 is 23.9 Å². The number of aldehydes is 1. The van der Waals surface area contributed by atoms with E-state index in [1.165, 1.54) is 25.8 Å². The molecule has 0 N–H and O–H groups in total. The highest BCUT2D eigenvalue weighted by atomic mass is 16.6. The zero-order chi connectivity index (χ0) is 22.6. The second-order valence-electron chi connectivity index (χ2n) is 11.1. The maximum atomic E-state index is 12.0. The number of allylic oxidation sites excluding steroid dienone is 1. The lowest BCUT2D eigenvalue weighted by atomic mass is 9.46. The molecule has 0 aromatic rings. The van der Waals surface area contributed by atoms with E-state index in [9.17, 15) is 14.4 Å². The third kappa shape index (κ3) is 3.56. The number of esters is 2. The summed E-state index contributed by atoms with van der Waals surface area (Å²) in [6, 6.07) is 0. The smallest absolute Gasteiger partial charge is 0.302 e. The summed E-state index contributed by atoms with van der Waals surface area (Å²) in [5.74, 6) is 1.66. The number of carbonyl (C=O) groups is 3. The SMILES string of the molecule is CC(=O)O[C@@H]1CC2=CC[C@H]3[C@@H]4CC[C@H]([C@H](C)C=O)[C@@]4(C)CC[C@@H]3[C@@]2(C)[C@@H](OC(C)=O)C1. The highest BCUT2D eigenvalue weighted by Gasteiger charge is 2.62. The summed E-state index contributed by atoms with van der Waals surface area (Å²) < 4.78 is 11.5. The Kier molecular flexibility index (Phi) is 5.85. The Morgan fingerprint density at radius 3 is 2.45 bits per heavy atom. The lowest BCUT2D eigenvalue weighted by Gasteiger charge is -2.59. The van der Waals surface area contributed by atoms with Crippen molar-refractivity contribution >= 4 is 18.2 Å². The van der Waals surface area contributed by atoms with Crippen molar-refractivity contribution in [2.45, 2.75) is 91.8 Å². The Balaban J connectivity index is 1.66. The minimum atomic E-state index is -0.279. The van der Waals surface area contributed by atoms with Gasteiger partial charge in [0.25, 0.3) is 0 Å². The molecule has 31 heavy (non-hydrogen) atoms. The fourth-order valence-electron chi connectivity index (χ4n) is 8.35. The quantitative estimate of drug-likeness (QED) is 0.361. The fraction of sp³-hybridized carbons (Fsp3) is 0.808. The summed E-state index contributed by atoms with van der Waals surface area (Å²) in [5, 5.41) is 0. The molecule has 4 rings (SSSR count). The van der Waals surface area contributed by atoms with Gasteiger partial charge in [0.05, 0.1) is 0 Å². The van der Waals surface area contributed by atoms with Gasteiger partial charge < -0.3 is 14.3 Å². The molecule has 0 heterocycles. The van der Waals surface area contributed by atoms with Crippen LogP contribution in [0.4, 0.5) is 0 Å². The van der Waals surface area contributed by atoms with Crippen LogP contribution >= 0.6 is 0 Å². The molecule has 3 fully saturated rings. The third-order valence-corrected chi connectivity index (χ3v) is 9.69. The van der Waals surface area contributed by atoms with Gasteiger partial charge >= 0.3 is 11.9 Å². The van der Waals surface area contributed by atoms with Crippen molar-refractivity contribution in [3.05, 3.63) is 11.6 Å². The van der Waals surface area contributed by atoms with Crippen molar-refractivity contribution in [1.29, 1.82) is 0 Å². The standard InChI is InChI=1S/C26H38O5/c1-15(14-27)21-8-9-22-20-7-6-18-12-19(30-16(2)28)13-24(31-17(3)29)26(18,5)23(20)10-11-25(21,22)4/h6,14-15,19-24H,7-13H2,1-5H3/t15-,19-,20+,21-,22+,23+,24+,25-,26+/m1/s1. The van der Waals surface area contributed by atoms with Gasteiger partial charge in [-0.1, -0.05) is 32.4 Å². The minimum absolute atomic E-state index is 0.116. The van der Waals surface area contributed by atoms with Crippen LogP contribution in [0.1, 0.15) is 79.6 Å². The zero-order valence-electron chi connectivity index (χ0n) is 19.7. The number of hydrogen-bond donors (Lipinski definition) is 0. The van der Waals surface area contributed by atoms with Gasteiger partial charge in [0.1, 0.15) is 18.5 Å². The molecule has 0 amide bonds. The van der Waals surface area contributed by atoms with E-state index >= 15 is 0 Å². The molecule has 3 saturated carbocycles. The molecule has 0 radical (unpaired) electrons. The van der Waals surface area contributed by atoms with Crippen LogP contribution in [-0.4, -0.2) is 30.4 Å². The first-order valence-corrected chi connectivity index (χ1v) is 12.1. The maximum absolute atomic E-state index is 12.0. The Labute approximate surface area is 186 Å². The maximum Gasteiger partial charge on any atom is 0.302 e. The molecule has 0 aromatic heterocycles. The molecule has 172 valence electrons. The van der Waals surface area contributed by atoms with E-state index < -0.39 is 0 Å². The van der Waals surface area contributed by atoms with E-state index in [0.29, 0.717) is 30.1 Å². The monoisotopic (exact) mass is 430 g/mol. The first-order valence-electron chi connectivity index (χ1n) is 12.1. The van der Waals surface area contributed by atoms with Crippen molar-refractivity contribution in [2.75, 3.05) is 0 Å². The van der Waals surface area contributed by atoms with Crippen LogP contribution < -0.4 is 0 Å². The molecule has 0 saturated heterocycles. The first kappa shape index (κ1) is 22.5. The van der Waals surface area contributed by atoms with E-state index in [0.717, 1.165) is 38.4 Å². The molecular formula is C26H38O5. The molecule has 0 aliphatic heterocycles. The van der Waals surface area contributed by atoms with Crippen molar-refractivity contribution in [3.8, 4) is 0 Å². The molecular weight excluding hydrogens is 392 g/mol. The van der Waals surface area contributed by atoms with Crippen LogP contribution in [0, 0.1) is 40.4 Å². The predicted octanol–water partition coefficient (Wildman–Crippen LogP) is 4.87. The summed E-state index contributed by atoms with van der Waals surface area (Å²) >= 11 is 0. The lowest BCUT2D eigenvalue weighted by molar-refractivity contribution is -0.172. The summed E-state index contributed by atoms with van der Waals surface area (Å²) in [7, 11) is 0. The Hall–Kier alpha value is -1.65. The Morgan fingerprint density at radius 1 is 1.10 bits per heavy atom. The molecule has 0 unspecified atom stereocenters. The molecule has 9 atom stereocenters. The third-order valence-electron chi connectivity index (χ3n) is 9.69. The van der Waals surface area contributed by atoms with Crippen LogP contribution in [0.3, 0.4) is 0 Å². The largest absolute Gasteiger partial charge is 0.462 e. The minimum Gasteiger partial charge on any atom is -0.462 e. The first-order chi connectivity index (χ1) is 14.6. The van der Waals surface area contributed by atoms with E-state index in [4.69, 9.17) is 9.47 Å². The van der Waals surface area contributed by atoms with Gasteiger partial charge in [0.2, 0.25) is 0 Å². The van der Waals surface area contributed by atoms with Crippen LogP contribution in [-0.2, 0) is 23.9 Å². The van der Waals surface area contributed by atoms with Gasteiger partial charge in [-0.25, -0.2) is 0 Å². The highest BCUT2D eigenvalue weighted by Crippen LogP contribution is 2.67. The summed E-state index contributed by atoms with van der Waals surface area (Å²) in [6.07, 6.45) is 9.94. The summed E-state index contributed by atoms with van der Waals surface area (Å²) in [4.78, 5) is 35.2. The second-order valence-corrected chi connectivity index (χ2v) is 11.1. The van der Waals surface area contributed by atoms with Crippen molar-refractivity contribution in [3.63, 3.8) is 0 Å².